The Morgan fingerprint density at radius 2 is 2.32 bits per heavy atom. The van der Waals surface area contributed by atoms with E-state index in [1.54, 1.807) is 7.11 Å². The molecule has 0 aliphatic carbocycles. The van der Waals surface area contributed by atoms with E-state index in [9.17, 15) is 4.79 Å². The number of amides is 1. The lowest BCUT2D eigenvalue weighted by atomic mass is 10.2. The van der Waals surface area contributed by atoms with Gasteiger partial charge in [0.25, 0.3) is 0 Å². The van der Waals surface area contributed by atoms with Crippen LogP contribution in [0.4, 0.5) is 5.69 Å². The van der Waals surface area contributed by atoms with Crippen LogP contribution in [0.3, 0.4) is 0 Å². The van der Waals surface area contributed by atoms with E-state index in [2.05, 4.69) is 10.6 Å². The van der Waals surface area contributed by atoms with Gasteiger partial charge in [-0.1, -0.05) is 12.1 Å². The summed E-state index contributed by atoms with van der Waals surface area (Å²) in [6.45, 7) is 1.62. The summed E-state index contributed by atoms with van der Waals surface area (Å²) in [6.07, 6.45) is 2.29. The number of benzene rings is 1. The molecular formula is C14H20N2O3. The first-order chi connectivity index (χ1) is 9.29. The molecule has 1 aromatic rings. The molecule has 2 N–H and O–H groups in total. The third-order valence-corrected chi connectivity index (χ3v) is 3.10. The zero-order valence-electron chi connectivity index (χ0n) is 11.1. The number of nitrogens with one attached hydrogen (secondary N) is 2. The summed E-state index contributed by atoms with van der Waals surface area (Å²) >= 11 is 0. The second-order valence-corrected chi connectivity index (χ2v) is 4.49. The maximum absolute atomic E-state index is 11.7. The smallest absolute Gasteiger partial charge is 0.239 e. The van der Waals surface area contributed by atoms with Gasteiger partial charge < -0.3 is 20.1 Å². The van der Waals surface area contributed by atoms with E-state index < -0.39 is 0 Å². The summed E-state index contributed by atoms with van der Waals surface area (Å²) in [5.41, 5.74) is 0.817. The number of para-hydroxylation sites is 2. The molecule has 0 spiro atoms. The van der Waals surface area contributed by atoms with E-state index in [1.165, 1.54) is 0 Å². The Bertz CT molecular complexity index is 417. The summed E-state index contributed by atoms with van der Waals surface area (Å²) in [5, 5.41) is 5.93. The molecule has 1 fully saturated rings. The lowest BCUT2D eigenvalue weighted by Crippen LogP contribution is -2.35. The zero-order valence-corrected chi connectivity index (χ0v) is 11.1. The Hall–Kier alpha value is -1.75. The lowest BCUT2D eigenvalue weighted by Gasteiger charge is -2.13. The van der Waals surface area contributed by atoms with Gasteiger partial charge in [0.1, 0.15) is 5.75 Å². The van der Waals surface area contributed by atoms with Gasteiger partial charge in [-0.05, 0) is 25.0 Å². The van der Waals surface area contributed by atoms with Crippen LogP contribution in [0.25, 0.3) is 0 Å². The number of hydrogen-bond donors (Lipinski definition) is 2. The minimum Gasteiger partial charge on any atom is -0.495 e. The van der Waals surface area contributed by atoms with E-state index in [0.717, 1.165) is 30.9 Å². The molecule has 2 rings (SSSR count). The van der Waals surface area contributed by atoms with Crippen LogP contribution >= 0.6 is 0 Å². The lowest BCUT2D eigenvalue weighted by molar-refractivity contribution is -0.119. The van der Waals surface area contributed by atoms with Crippen molar-refractivity contribution < 1.29 is 14.3 Å². The number of ether oxygens (including phenoxy) is 2. The largest absolute Gasteiger partial charge is 0.495 e. The normalized spacial score (nSPS) is 18.1. The molecule has 1 aromatic carbocycles. The first kappa shape index (κ1) is 13.7. The predicted molar refractivity (Wildman–Crippen MR) is 73.5 cm³/mol. The zero-order chi connectivity index (χ0) is 13.5. The standard InChI is InChI=1S/C14H20N2O3/c1-18-13-7-3-2-6-12(13)15-10-14(17)16-9-11-5-4-8-19-11/h2-3,6-7,11,15H,4-5,8-10H2,1H3,(H,16,17). The second-order valence-electron chi connectivity index (χ2n) is 4.49. The average molecular weight is 264 g/mol. The average Bonchev–Trinajstić information content (AvgIpc) is 2.96. The summed E-state index contributed by atoms with van der Waals surface area (Å²) in [4.78, 5) is 11.7. The predicted octanol–water partition coefficient (Wildman–Crippen LogP) is 1.40. The molecule has 1 amide bonds. The van der Waals surface area contributed by atoms with Crippen LogP contribution in [0, 0.1) is 0 Å². The van der Waals surface area contributed by atoms with Crippen molar-refractivity contribution in [2.24, 2.45) is 0 Å². The molecule has 1 saturated heterocycles. The van der Waals surface area contributed by atoms with Gasteiger partial charge in [0, 0.05) is 13.2 Å². The molecule has 1 unspecified atom stereocenters. The number of methoxy groups -OCH3 is 1. The van der Waals surface area contributed by atoms with Gasteiger partial charge in [-0.3, -0.25) is 4.79 Å². The van der Waals surface area contributed by atoms with Gasteiger partial charge in [-0.15, -0.1) is 0 Å². The molecule has 0 radical (unpaired) electrons. The highest BCUT2D eigenvalue weighted by Gasteiger charge is 2.16. The summed E-state index contributed by atoms with van der Waals surface area (Å²) in [6, 6.07) is 7.52. The van der Waals surface area contributed by atoms with Crippen molar-refractivity contribution in [3.05, 3.63) is 24.3 Å². The molecule has 1 heterocycles. The number of carbonyl (C=O) groups excluding carboxylic acids is 1. The van der Waals surface area contributed by atoms with Crippen molar-refractivity contribution in [1.29, 1.82) is 0 Å². The van der Waals surface area contributed by atoms with Crippen molar-refractivity contribution in [3.63, 3.8) is 0 Å². The fraction of sp³-hybridized carbons (Fsp3) is 0.500. The summed E-state index contributed by atoms with van der Waals surface area (Å²) in [5.74, 6) is 0.691. The van der Waals surface area contributed by atoms with Gasteiger partial charge in [-0.25, -0.2) is 0 Å². The quantitative estimate of drug-likeness (QED) is 0.815. The second kappa shape index (κ2) is 6.99. The minimum atomic E-state index is -0.0404. The summed E-state index contributed by atoms with van der Waals surface area (Å²) in [7, 11) is 1.61. The van der Waals surface area contributed by atoms with E-state index in [1.807, 2.05) is 24.3 Å². The number of anilines is 1. The van der Waals surface area contributed by atoms with Gasteiger partial charge in [-0.2, -0.15) is 0 Å². The highest BCUT2D eigenvalue weighted by atomic mass is 16.5. The highest BCUT2D eigenvalue weighted by Crippen LogP contribution is 2.22. The van der Waals surface area contributed by atoms with Crippen molar-refractivity contribution in [3.8, 4) is 5.75 Å². The molecule has 0 bridgehead atoms. The van der Waals surface area contributed by atoms with Gasteiger partial charge in [0.15, 0.2) is 0 Å². The third kappa shape index (κ3) is 4.13. The van der Waals surface area contributed by atoms with Crippen molar-refractivity contribution >= 4 is 11.6 Å². The SMILES string of the molecule is COc1ccccc1NCC(=O)NCC1CCCO1. The molecule has 1 atom stereocenters. The first-order valence-electron chi connectivity index (χ1n) is 6.55. The van der Waals surface area contributed by atoms with Crippen LogP contribution in [0.1, 0.15) is 12.8 Å². The van der Waals surface area contributed by atoms with E-state index in [-0.39, 0.29) is 18.6 Å². The van der Waals surface area contributed by atoms with Crippen molar-refractivity contribution in [2.75, 3.05) is 32.1 Å². The van der Waals surface area contributed by atoms with Crippen LogP contribution in [-0.2, 0) is 9.53 Å². The molecule has 1 aliphatic heterocycles. The maximum Gasteiger partial charge on any atom is 0.239 e. The van der Waals surface area contributed by atoms with Crippen molar-refractivity contribution in [1.82, 2.24) is 5.32 Å². The Kier molecular flexibility index (Phi) is 5.03. The van der Waals surface area contributed by atoms with E-state index in [0.29, 0.717) is 6.54 Å². The monoisotopic (exact) mass is 264 g/mol. The molecule has 1 aliphatic rings. The van der Waals surface area contributed by atoms with Crippen LogP contribution in [0.2, 0.25) is 0 Å². The molecular weight excluding hydrogens is 244 g/mol. The molecule has 0 aromatic heterocycles. The fourth-order valence-corrected chi connectivity index (χ4v) is 2.06. The number of carbonyl (C=O) groups is 1. The van der Waals surface area contributed by atoms with E-state index in [4.69, 9.17) is 9.47 Å². The third-order valence-electron chi connectivity index (χ3n) is 3.10. The van der Waals surface area contributed by atoms with Crippen LogP contribution in [0.15, 0.2) is 24.3 Å². The van der Waals surface area contributed by atoms with Crippen LogP contribution < -0.4 is 15.4 Å². The Balaban J connectivity index is 1.73. The highest BCUT2D eigenvalue weighted by molar-refractivity contribution is 5.81. The number of rotatable bonds is 6. The topological polar surface area (TPSA) is 59.6 Å². The Labute approximate surface area is 113 Å². The Morgan fingerprint density at radius 3 is 3.05 bits per heavy atom. The van der Waals surface area contributed by atoms with Gasteiger partial charge >= 0.3 is 0 Å². The maximum atomic E-state index is 11.7. The molecule has 5 heteroatoms. The van der Waals surface area contributed by atoms with Crippen molar-refractivity contribution in [2.45, 2.75) is 18.9 Å². The molecule has 19 heavy (non-hydrogen) atoms. The fourth-order valence-electron chi connectivity index (χ4n) is 2.06. The minimum absolute atomic E-state index is 0.0404. The molecule has 104 valence electrons. The Morgan fingerprint density at radius 1 is 1.47 bits per heavy atom. The van der Waals surface area contributed by atoms with Crippen LogP contribution in [0.5, 0.6) is 5.75 Å². The van der Waals surface area contributed by atoms with Gasteiger partial charge in [0.2, 0.25) is 5.91 Å². The molecule has 5 nitrogen and oxygen atoms in total. The van der Waals surface area contributed by atoms with Gasteiger partial charge in [0.05, 0.1) is 25.4 Å². The number of hydrogen-bond acceptors (Lipinski definition) is 4. The first-order valence-corrected chi connectivity index (χ1v) is 6.55. The van der Waals surface area contributed by atoms with E-state index >= 15 is 0 Å². The van der Waals surface area contributed by atoms with Crippen LogP contribution in [-0.4, -0.2) is 38.8 Å². The molecule has 0 saturated carbocycles. The summed E-state index contributed by atoms with van der Waals surface area (Å²) < 4.78 is 10.7.